The molecular weight excluding hydrogens is 288 g/mol. The zero-order chi connectivity index (χ0) is 16.4. The van der Waals surface area contributed by atoms with E-state index in [-0.39, 0.29) is 17.2 Å². The van der Waals surface area contributed by atoms with Crippen LogP contribution in [0.4, 0.5) is 0 Å². The molecule has 0 radical (unpaired) electrons. The molecule has 0 unspecified atom stereocenters. The first kappa shape index (κ1) is 15.0. The molecule has 1 N–H and O–H groups in total. The Morgan fingerprint density at radius 3 is 2.30 bits per heavy atom. The second-order valence-electron chi connectivity index (χ2n) is 5.73. The molecule has 0 aliphatic carbocycles. The van der Waals surface area contributed by atoms with Gasteiger partial charge in [0.15, 0.2) is 0 Å². The summed E-state index contributed by atoms with van der Waals surface area (Å²) in [6, 6.07) is 16.4. The number of benzene rings is 1. The van der Waals surface area contributed by atoms with Crippen molar-refractivity contribution in [2.45, 2.75) is 19.9 Å². The van der Waals surface area contributed by atoms with E-state index in [1.54, 1.807) is 22.8 Å². The SMILES string of the molecule is CC(C)n1cc(-c2ccc(=O)[nH]c2-c2ccccc2)ccc1=O. The molecule has 1 aromatic carbocycles. The topological polar surface area (TPSA) is 54.9 Å². The summed E-state index contributed by atoms with van der Waals surface area (Å²) < 4.78 is 1.69. The molecule has 2 heterocycles. The van der Waals surface area contributed by atoms with Gasteiger partial charge in [-0.2, -0.15) is 0 Å². The lowest BCUT2D eigenvalue weighted by Crippen LogP contribution is -2.20. The summed E-state index contributed by atoms with van der Waals surface area (Å²) in [6.07, 6.45) is 1.84. The number of nitrogens with one attached hydrogen (secondary N) is 1. The molecule has 3 aromatic rings. The van der Waals surface area contributed by atoms with Gasteiger partial charge in [0.05, 0.1) is 5.69 Å². The van der Waals surface area contributed by atoms with E-state index in [2.05, 4.69) is 4.98 Å². The van der Waals surface area contributed by atoms with Gasteiger partial charge in [-0.25, -0.2) is 0 Å². The molecule has 2 aromatic heterocycles. The summed E-state index contributed by atoms with van der Waals surface area (Å²) in [6.45, 7) is 3.94. The van der Waals surface area contributed by atoms with E-state index in [1.807, 2.05) is 50.4 Å². The monoisotopic (exact) mass is 306 g/mol. The molecule has 0 bridgehead atoms. The zero-order valence-electron chi connectivity index (χ0n) is 13.1. The van der Waals surface area contributed by atoms with E-state index in [0.717, 1.165) is 22.4 Å². The molecule has 23 heavy (non-hydrogen) atoms. The van der Waals surface area contributed by atoms with Gasteiger partial charge >= 0.3 is 0 Å². The van der Waals surface area contributed by atoms with Crippen molar-refractivity contribution in [3.8, 4) is 22.4 Å². The van der Waals surface area contributed by atoms with Gasteiger partial charge in [0.25, 0.3) is 5.56 Å². The first-order chi connectivity index (χ1) is 11.1. The molecule has 0 atom stereocenters. The zero-order valence-corrected chi connectivity index (χ0v) is 13.1. The fourth-order valence-corrected chi connectivity index (χ4v) is 2.61. The third-order valence-electron chi connectivity index (χ3n) is 3.79. The molecule has 0 fully saturated rings. The van der Waals surface area contributed by atoms with E-state index in [1.165, 1.54) is 6.07 Å². The summed E-state index contributed by atoms with van der Waals surface area (Å²) in [5.74, 6) is 0. The Bertz CT molecular complexity index is 937. The lowest BCUT2D eigenvalue weighted by atomic mass is 10.0. The van der Waals surface area contributed by atoms with Crippen LogP contribution in [-0.4, -0.2) is 9.55 Å². The van der Waals surface area contributed by atoms with Crippen molar-refractivity contribution in [2.24, 2.45) is 0 Å². The van der Waals surface area contributed by atoms with Crippen LogP contribution < -0.4 is 11.1 Å². The summed E-state index contributed by atoms with van der Waals surface area (Å²) in [5.41, 5.74) is 3.30. The van der Waals surface area contributed by atoms with Crippen LogP contribution in [-0.2, 0) is 0 Å². The van der Waals surface area contributed by atoms with Crippen LogP contribution in [0.2, 0.25) is 0 Å². The average molecular weight is 306 g/mol. The maximum atomic E-state index is 12.0. The molecule has 0 amide bonds. The van der Waals surface area contributed by atoms with Crippen molar-refractivity contribution in [3.05, 3.63) is 81.5 Å². The van der Waals surface area contributed by atoms with Gasteiger partial charge in [-0.3, -0.25) is 9.59 Å². The molecule has 116 valence electrons. The Labute approximate surface area is 134 Å². The second-order valence-corrected chi connectivity index (χ2v) is 5.73. The molecular formula is C19H18N2O2. The average Bonchev–Trinajstić information content (AvgIpc) is 2.56. The summed E-state index contributed by atoms with van der Waals surface area (Å²) in [7, 11) is 0. The van der Waals surface area contributed by atoms with Crippen molar-refractivity contribution in [2.75, 3.05) is 0 Å². The number of aromatic nitrogens is 2. The van der Waals surface area contributed by atoms with E-state index < -0.39 is 0 Å². The van der Waals surface area contributed by atoms with Crippen molar-refractivity contribution in [3.63, 3.8) is 0 Å². The lowest BCUT2D eigenvalue weighted by molar-refractivity contribution is 0.579. The van der Waals surface area contributed by atoms with Gasteiger partial charge in [0.1, 0.15) is 0 Å². The Morgan fingerprint density at radius 1 is 0.870 bits per heavy atom. The molecule has 0 saturated heterocycles. The highest BCUT2D eigenvalue weighted by atomic mass is 16.1. The van der Waals surface area contributed by atoms with Crippen molar-refractivity contribution in [1.29, 1.82) is 0 Å². The van der Waals surface area contributed by atoms with Gasteiger partial charge in [-0.1, -0.05) is 30.3 Å². The predicted molar refractivity (Wildman–Crippen MR) is 92.6 cm³/mol. The maximum absolute atomic E-state index is 12.0. The highest BCUT2D eigenvalue weighted by molar-refractivity contribution is 5.80. The smallest absolute Gasteiger partial charge is 0.250 e. The summed E-state index contributed by atoms with van der Waals surface area (Å²) in [4.78, 5) is 26.6. The number of aromatic amines is 1. The maximum Gasteiger partial charge on any atom is 0.250 e. The Kier molecular flexibility index (Phi) is 3.98. The fraction of sp³-hybridized carbons (Fsp3) is 0.158. The third kappa shape index (κ3) is 3.01. The minimum absolute atomic E-state index is 0.0329. The predicted octanol–water partition coefficient (Wildman–Crippen LogP) is 3.45. The molecule has 0 aliphatic heterocycles. The van der Waals surface area contributed by atoms with Crippen LogP contribution >= 0.6 is 0 Å². The number of rotatable bonds is 3. The van der Waals surface area contributed by atoms with Gasteiger partial charge < -0.3 is 9.55 Å². The summed E-state index contributed by atoms with van der Waals surface area (Å²) >= 11 is 0. The summed E-state index contributed by atoms with van der Waals surface area (Å²) in [5, 5.41) is 0. The molecule has 3 rings (SSSR count). The Balaban J connectivity index is 2.24. The normalized spacial score (nSPS) is 10.9. The number of hydrogen-bond donors (Lipinski definition) is 1. The van der Waals surface area contributed by atoms with Gasteiger partial charge in [-0.05, 0) is 31.5 Å². The minimum atomic E-state index is -0.148. The first-order valence-electron chi connectivity index (χ1n) is 7.57. The van der Waals surface area contributed by atoms with E-state index in [4.69, 9.17) is 0 Å². The van der Waals surface area contributed by atoms with Crippen molar-refractivity contribution in [1.82, 2.24) is 9.55 Å². The van der Waals surface area contributed by atoms with Crippen molar-refractivity contribution >= 4 is 0 Å². The van der Waals surface area contributed by atoms with Crippen molar-refractivity contribution < 1.29 is 0 Å². The molecule has 4 heteroatoms. The van der Waals surface area contributed by atoms with Gasteiger partial charge in [0.2, 0.25) is 5.56 Å². The van der Waals surface area contributed by atoms with Crippen LogP contribution in [0.5, 0.6) is 0 Å². The van der Waals surface area contributed by atoms with Gasteiger partial charge in [-0.15, -0.1) is 0 Å². The third-order valence-corrected chi connectivity index (χ3v) is 3.79. The molecule has 0 spiro atoms. The number of nitrogens with zero attached hydrogens (tertiary/aromatic N) is 1. The first-order valence-corrected chi connectivity index (χ1v) is 7.57. The largest absolute Gasteiger partial charge is 0.321 e. The minimum Gasteiger partial charge on any atom is -0.321 e. The second kappa shape index (κ2) is 6.08. The molecule has 4 nitrogen and oxygen atoms in total. The number of hydrogen-bond acceptors (Lipinski definition) is 2. The Morgan fingerprint density at radius 2 is 1.61 bits per heavy atom. The highest BCUT2D eigenvalue weighted by Gasteiger charge is 2.10. The van der Waals surface area contributed by atoms with Crippen LogP contribution in [0.25, 0.3) is 22.4 Å². The number of H-pyrrole nitrogens is 1. The Hall–Kier alpha value is -2.88. The number of pyridine rings is 2. The molecule has 0 aliphatic rings. The van der Waals surface area contributed by atoms with Crippen LogP contribution in [0, 0.1) is 0 Å². The lowest BCUT2D eigenvalue weighted by Gasteiger charge is -2.14. The van der Waals surface area contributed by atoms with Crippen LogP contribution in [0.1, 0.15) is 19.9 Å². The van der Waals surface area contributed by atoms with Crippen LogP contribution in [0.15, 0.2) is 70.4 Å². The van der Waals surface area contributed by atoms with E-state index >= 15 is 0 Å². The van der Waals surface area contributed by atoms with E-state index in [9.17, 15) is 9.59 Å². The quantitative estimate of drug-likeness (QED) is 0.805. The van der Waals surface area contributed by atoms with Crippen LogP contribution in [0.3, 0.4) is 0 Å². The fourth-order valence-electron chi connectivity index (χ4n) is 2.61. The standard InChI is InChI=1S/C19H18N2O2/c1-13(2)21-12-15(8-11-18(21)23)16-9-10-17(22)20-19(16)14-6-4-3-5-7-14/h3-13H,1-2H3,(H,20,22). The highest BCUT2D eigenvalue weighted by Crippen LogP contribution is 2.28. The van der Waals surface area contributed by atoms with E-state index in [0.29, 0.717) is 0 Å². The van der Waals surface area contributed by atoms with Gasteiger partial charge in [0, 0.05) is 35.5 Å². The molecule has 0 saturated carbocycles.